The van der Waals surface area contributed by atoms with E-state index in [0.717, 1.165) is 18.8 Å². The molecular formula is C28H52O2. The Morgan fingerprint density at radius 1 is 0.700 bits per heavy atom. The molecule has 0 atom stereocenters. The summed E-state index contributed by atoms with van der Waals surface area (Å²) in [5.74, 6) is 0.851. The lowest BCUT2D eigenvalue weighted by Crippen LogP contribution is -2.05. The molecule has 1 rings (SSSR count). The summed E-state index contributed by atoms with van der Waals surface area (Å²) in [6.45, 7) is 2.92. The van der Waals surface area contributed by atoms with Gasteiger partial charge in [-0.15, -0.1) is 0 Å². The molecule has 0 heterocycles. The van der Waals surface area contributed by atoms with E-state index in [-0.39, 0.29) is 5.97 Å². The first-order valence-electron chi connectivity index (χ1n) is 13.6. The van der Waals surface area contributed by atoms with E-state index in [1.807, 2.05) is 0 Å². The largest absolute Gasteiger partial charge is 0.466 e. The van der Waals surface area contributed by atoms with E-state index >= 15 is 0 Å². The van der Waals surface area contributed by atoms with Gasteiger partial charge < -0.3 is 4.74 Å². The molecule has 2 nitrogen and oxygen atoms in total. The minimum absolute atomic E-state index is 0.0233. The predicted molar refractivity (Wildman–Crippen MR) is 131 cm³/mol. The van der Waals surface area contributed by atoms with Gasteiger partial charge >= 0.3 is 5.97 Å². The zero-order chi connectivity index (χ0) is 21.5. The Balaban J connectivity index is 1.66. The fraction of sp³-hybridized carbons (Fsp3) is 0.893. The Bertz CT molecular complexity index is 397. The second-order valence-electron chi connectivity index (χ2n) is 9.55. The van der Waals surface area contributed by atoms with Crippen molar-refractivity contribution in [1.82, 2.24) is 0 Å². The summed E-state index contributed by atoms with van der Waals surface area (Å²) >= 11 is 0. The molecular weight excluding hydrogens is 368 g/mol. The molecule has 30 heavy (non-hydrogen) atoms. The van der Waals surface area contributed by atoms with Crippen molar-refractivity contribution in [2.24, 2.45) is 5.92 Å². The van der Waals surface area contributed by atoms with Crippen molar-refractivity contribution in [2.75, 3.05) is 6.61 Å². The molecule has 0 bridgehead atoms. The Morgan fingerprint density at radius 3 is 1.67 bits per heavy atom. The molecule has 176 valence electrons. The van der Waals surface area contributed by atoms with E-state index in [0.29, 0.717) is 13.0 Å². The van der Waals surface area contributed by atoms with Gasteiger partial charge in [0.15, 0.2) is 0 Å². The molecule has 0 spiro atoms. The number of ether oxygens (including phenoxy) is 1. The quantitative estimate of drug-likeness (QED) is 0.0934. The van der Waals surface area contributed by atoms with E-state index in [1.54, 1.807) is 0 Å². The number of hydrogen-bond acceptors (Lipinski definition) is 2. The first-order valence-corrected chi connectivity index (χ1v) is 13.6. The highest BCUT2D eigenvalue weighted by Crippen LogP contribution is 2.33. The number of rotatable bonds is 23. The molecule has 0 aliphatic heterocycles. The van der Waals surface area contributed by atoms with Gasteiger partial charge in [0.25, 0.3) is 0 Å². The average molecular weight is 421 g/mol. The monoisotopic (exact) mass is 420 g/mol. The summed E-state index contributed by atoms with van der Waals surface area (Å²) in [6, 6.07) is 0. The third kappa shape index (κ3) is 20.5. The summed E-state index contributed by atoms with van der Waals surface area (Å²) in [7, 11) is 0. The summed E-state index contributed by atoms with van der Waals surface area (Å²) in [4.78, 5) is 11.6. The SMILES string of the molecule is CCCCCCCCC=CCCCCCCCCCCCCOC(=O)CCC1CC1. The highest BCUT2D eigenvalue weighted by Gasteiger charge is 2.22. The van der Waals surface area contributed by atoms with Crippen molar-refractivity contribution in [3.63, 3.8) is 0 Å². The Morgan fingerprint density at radius 2 is 1.17 bits per heavy atom. The van der Waals surface area contributed by atoms with Gasteiger partial charge in [0, 0.05) is 6.42 Å². The molecule has 0 N–H and O–H groups in total. The minimum Gasteiger partial charge on any atom is -0.466 e. The van der Waals surface area contributed by atoms with Gasteiger partial charge in [0.05, 0.1) is 6.61 Å². The van der Waals surface area contributed by atoms with Crippen LogP contribution in [0.3, 0.4) is 0 Å². The van der Waals surface area contributed by atoms with E-state index in [9.17, 15) is 4.79 Å². The normalized spacial score (nSPS) is 13.9. The standard InChI is InChI=1S/C28H52O2/c1-2-3-4-5-6-7-8-9-10-11-12-13-14-15-16-17-18-19-20-21-26-30-28(29)25-24-27-22-23-27/h9-10,27H,2-8,11-26H2,1H3. The zero-order valence-corrected chi connectivity index (χ0v) is 20.3. The number of carbonyl (C=O) groups is 1. The fourth-order valence-corrected chi connectivity index (χ4v) is 4.04. The van der Waals surface area contributed by atoms with Crippen molar-refractivity contribution >= 4 is 5.97 Å². The molecule has 1 fully saturated rings. The van der Waals surface area contributed by atoms with Crippen LogP contribution in [0.25, 0.3) is 0 Å². The Kier molecular flexibility index (Phi) is 19.5. The first kappa shape index (κ1) is 27.2. The van der Waals surface area contributed by atoms with Crippen LogP contribution < -0.4 is 0 Å². The average Bonchev–Trinajstić information content (AvgIpc) is 3.58. The molecule has 0 aromatic rings. The molecule has 2 heteroatoms. The third-order valence-electron chi connectivity index (χ3n) is 6.37. The number of hydrogen-bond donors (Lipinski definition) is 0. The predicted octanol–water partition coefficient (Wildman–Crippen LogP) is 9.32. The van der Waals surface area contributed by atoms with Crippen molar-refractivity contribution in [1.29, 1.82) is 0 Å². The van der Waals surface area contributed by atoms with Crippen LogP contribution in [0.1, 0.15) is 148 Å². The molecule has 1 aliphatic rings. The highest BCUT2D eigenvalue weighted by molar-refractivity contribution is 5.69. The summed E-state index contributed by atoms with van der Waals surface area (Å²) < 4.78 is 5.31. The van der Waals surface area contributed by atoms with E-state index < -0.39 is 0 Å². The van der Waals surface area contributed by atoms with Crippen LogP contribution in [-0.4, -0.2) is 12.6 Å². The summed E-state index contributed by atoms with van der Waals surface area (Å²) in [5.41, 5.74) is 0. The van der Waals surface area contributed by atoms with Crippen LogP contribution >= 0.6 is 0 Å². The maximum absolute atomic E-state index is 11.6. The van der Waals surface area contributed by atoms with Gasteiger partial charge in [-0.1, -0.05) is 115 Å². The van der Waals surface area contributed by atoms with Crippen LogP contribution in [0.5, 0.6) is 0 Å². The smallest absolute Gasteiger partial charge is 0.305 e. The van der Waals surface area contributed by atoms with Crippen molar-refractivity contribution in [2.45, 2.75) is 148 Å². The molecule has 0 aromatic carbocycles. The Hall–Kier alpha value is -0.790. The van der Waals surface area contributed by atoms with E-state index in [1.165, 1.54) is 122 Å². The molecule has 0 amide bonds. The second kappa shape index (κ2) is 21.4. The molecule has 0 radical (unpaired) electrons. The first-order chi connectivity index (χ1) is 14.8. The van der Waals surface area contributed by atoms with Crippen LogP contribution in [0.15, 0.2) is 12.2 Å². The van der Waals surface area contributed by atoms with Crippen LogP contribution in [-0.2, 0) is 9.53 Å². The second-order valence-corrected chi connectivity index (χ2v) is 9.55. The molecule has 0 saturated heterocycles. The molecule has 1 aliphatic carbocycles. The van der Waals surface area contributed by atoms with Gasteiger partial charge in [-0.3, -0.25) is 4.79 Å². The lowest BCUT2D eigenvalue weighted by atomic mass is 10.1. The summed E-state index contributed by atoms with van der Waals surface area (Å²) in [5, 5.41) is 0. The van der Waals surface area contributed by atoms with Crippen molar-refractivity contribution < 1.29 is 9.53 Å². The maximum Gasteiger partial charge on any atom is 0.305 e. The third-order valence-corrected chi connectivity index (χ3v) is 6.37. The number of esters is 1. The molecule has 0 aromatic heterocycles. The van der Waals surface area contributed by atoms with Crippen LogP contribution in [0.4, 0.5) is 0 Å². The number of allylic oxidation sites excluding steroid dienone is 2. The lowest BCUT2D eigenvalue weighted by molar-refractivity contribution is -0.144. The van der Waals surface area contributed by atoms with Crippen molar-refractivity contribution in [3.05, 3.63) is 12.2 Å². The number of unbranched alkanes of at least 4 members (excludes halogenated alkanes) is 16. The lowest BCUT2D eigenvalue weighted by Gasteiger charge is -2.05. The highest BCUT2D eigenvalue weighted by atomic mass is 16.5. The van der Waals surface area contributed by atoms with Gasteiger partial charge in [0.1, 0.15) is 0 Å². The molecule has 1 saturated carbocycles. The Labute approximate surface area is 188 Å². The number of carbonyl (C=O) groups excluding carboxylic acids is 1. The maximum atomic E-state index is 11.6. The zero-order valence-electron chi connectivity index (χ0n) is 20.3. The fourth-order valence-electron chi connectivity index (χ4n) is 4.04. The van der Waals surface area contributed by atoms with E-state index in [2.05, 4.69) is 19.1 Å². The van der Waals surface area contributed by atoms with Crippen LogP contribution in [0, 0.1) is 5.92 Å². The minimum atomic E-state index is 0.0233. The van der Waals surface area contributed by atoms with Crippen LogP contribution in [0.2, 0.25) is 0 Å². The van der Waals surface area contributed by atoms with Gasteiger partial charge in [0.2, 0.25) is 0 Å². The van der Waals surface area contributed by atoms with Gasteiger partial charge in [-0.2, -0.15) is 0 Å². The van der Waals surface area contributed by atoms with Crippen molar-refractivity contribution in [3.8, 4) is 0 Å². The summed E-state index contributed by atoms with van der Waals surface area (Å²) in [6.07, 6.45) is 33.4. The topological polar surface area (TPSA) is 26.3 Å². The van der Waals surface area contributed by atoms with E-state index in [4.69, 9.17) is 4.74 Å². The molecule has 0 unspecified atom stereocenters. The van der Waals surface area contributed by atoms with Gasteiger partial charge in [-0.25, -0.2) is 0 Å². The van der Waals surface area contributed by atoms with Gasteiger partial charge in [-0.05, 0) is 44.4 Å².